The summed E-state index contributed by atoms with van der Waals surface area (Å²) in [7, 11) is 0. The van der Waals surface area contributed by atoms with Gasteiger partial charge in [0.1, 0.15) is 6.61 Å². The van der Waals surface area contributed by atoms with E-state index < -0.39 is 6.09 Å². The van der Waals surface area contributed by atoms with Crippen LogP contribution in [0.15, 0.2) is 30.3 Å². The molecule has 23 heavy (non-hydrogen) atoms. The van der Waals surface area contributed by atoms with Gasteiger partial charge in [0.2, 0.25) is 5.91 Å². The Labute approximate surface area is 136 Å². The first-order chi connectivity index (χ1) is 11.0. The minimum atomic E-state index is -0.527. The van der Waals surface area contributed by atoms with Crippen LogP contribution in [-0.4, -0.2) is 41.8 Å². The molecule has 0 aromatic heterocycles. The number of cyclic esters (lactones) is 1. The first-order valence-corrected chi connectivity index (χ1v) is 8.14. The van der Waals surface area contributed by atoms with Gasteiger partial charge in [-0.1, -0.05) is 30.3 Å². The Hall–Kier alpha value is -1.88. The highest BCUT2D eigenvalue weighted by Gasteiger charge is 2.42. The van der Waals surface area contributed by atoms with Crippen molar-refractivity contribution >= 4 is 12.0 Å². The lowest BCUT2D eigenvalue weighted by Crippen LogP contribution is -2.47. The average Bonchev–Trinajstić information content (AvgIpc) is 2.88. The number of imide groups is 1. The number of nitrogens with zero attached hydrogens (tertiary/aromatic N) is 1. The second kappa shape index (κ2) is 6.32. The van der Waals surface area contributed by atoms with Crippen molar-refractivity contribution in [3.8, 4) is 0 Å². The Morgan fingerprint density at radius 1 is 1.26 bits per heavy atom. The maximum absolute atomic E-state index is 12.8. The van der Waals surface area contributed by atoms with Gasteiger partial charge in [-0.2, -0.15) is 0 Å². The Morgan fingerprint density at radius 2 is 2.00 bits per heavy atom. The van der Waals surface area contributed by atoms with Crippen LogP contribution in [0.4, 0.5) is 4.79 Å². The number of carbonyl (C=O) groups is 2. The summed E-state index contributed by atoms with van der Waals surface area (Å²) >= 11 is 0. The molecule has 1 aromatic carbocycles. The van der Waals surface area contributed by atoms with E-state index in [0.717, 1.165) is 18.4 Å². The largest absolute Gasteiger partial charge is 0.447 e. The van der Waals surface area contributed by atoms with Gasteiger partial charge in [0, 0.05) is 0 Å². The Bertz CT molecular complexity index is 574. The minimum absolute atomic E-state index is 0.163. The fourth-order valence-corrected chi connectivity index (χ4v) is 3.16. The first-order valence-electron chi connectivity index (χ1n) is 8.14. The van der Waals surface area contributed by atoms with Crippen molar-refractivity contribution in [3.05, 3.63) is 35.9 Å². The van der Waals surface area contributed by atoms with E-state index in [0.29, 0.717) is 13.0 Å². The van der Waals surface area contributed by atoms with Crippen LogP contribution in [-0.2, 0) is 20.7 Å². The number of benzene rings is 1. The van der Waals surface area contributed by atoms with E-state index in [1.54, 1.807) is 0 Å². The van der Waals surface area contributed by atoms with Gasteiger partial charge >= 0.3 is 6.09 Å². The van der Waals surface area contributed by atoms with Crippen LogP contribution in [0.5, 0.6) is 0 Å². The highest BCUT2D eigenvalue weighted by atomic mass is 16.6. The van der Waals surface area contributed by atoms with E-state index in [4.69, 9.17) is 9.47 Å². The molecule has 124 valence electrons. The molecule has 2 atom stereocenters. The van der Waals surface area contributed by atoms with Crippen LogP contribution in [0.1, 0.15) is 32.3 Å². The van der Waals surface area contributed by atoms with Gasteiger partial charge in [-0.15, -0.1) is 0 Å². The van der Waals surface area contributed by atoms with Gasteiger partial charge in [-0.05, 0) is 38.7 Å². The van der Waals surface area contributed by atoms with E-state index >= 15 is 0 Å². The molecule has 0 spiro atoms. The summed E-state index contributed by atoms with van der Waals surface area (Å²) in [5, 5.41) is 0. The van der Waals surface area contributed by atoms with Crippen LogP contribution in [0.2, 0.25) is 0 Å². The number of ether oxygens (including phenoxy) is 2. The summed E-state index contributed by atoms with van der Waals surface area (Å²) in [6.07, 6.45) is 1.65. The van der Waals surface area contributed by atoms with Crippen LogP contribution in [0.3, 0.4) is 0 Å². The molecule has 0 bridgehead atoms. The maximum Gasteiger partial charge on any atom is 0.416 e. The molecule has 0 N–H and O–H groups in total. The summed E-state index contributed by atoms with van der Waals surface area (Å²) in [4.78, 5) is 26.1. The van der Waals surface area contributed by atoms with Gasteiger partial charge in [-0.25, -0.2) is 9.69 Å². The molecule has 3 rings (SSSR count). The molecule has 2 amide bonds. The lowest BCUT2D eigenvalue weighted by Gasteiger charge is -2.35. The summed E-state index contributed by atoms with van der Waals surface area (Å²) < 4.78 is 10.9. The van der Waals surface area contributed by atoms with Crippen LogP contribution in [0, 0.1) is 5.92 Å². The molecule has 2 aliphatic heterocycles. The molecule has 1 aromatic rings. The van der Waals surface area contributed by atoms with Gasteiger partial charge in [-0.3, -0.25) is 4.79 Å². The Kier molecular flexibility index (Phi) is 4.39. The fraction of sp³-hybridized carbons (Fsp3) is 0.556. The standard InChI is InChI=1S/C18H23NO4/c1-18(2)9-8-14(11-23-18)16(20)19-15(12-22-17(19)21)10-13-6-4-3-5-7-13/h3-7,14-15H,8-12H2,1-2H3/t14-,15-/m0/s1. The van der Waals surface area contributed by atoms with E-state index in [9.17, 15) is 9.59 Å². The molecule has 2 saturated heterocycles. The quantitative estimate of drug-likeness (QED) is 0.860. The number of carbonyl (C=O) groups excluding carboxylic acids is 2. The Balaban J connectivity index is 1.69. The van der Waals surface area contributed by atoms with Crippen LogP contribution < -0.4 is 0 Å². The predicted molar refractivity (Wildman–Crippen MR) is 84.9 cm³/mol. The van der Waals surface area contributed by atoms with Crippen molar-refractivity contribution in [2.45, 2.75) is 44.8 Å². The minimum Gasteiger partial charge on any atom is -0.447 e. The van der Waals surface area contributed by atoms with Crippen molar-refractivity contribution < 1.29 is 19.1 Å². The summed E-state index contributed by atoms with van der Waals surface area (Å²) in [5.41, 5.74) is 0.903. The first kappa shape index (κ1) is 16.0. The van der Waals surface area contributed by atoms with Crippen molar-refractivity contribution in [2.24, 2.45) is 5.92 Å². The molecular formula is C18H23NO4. The smallest absolute Gasteiger partial charge is 0.416 e. The topological polar surface area (TPSA) is 55.8 Å². The maximum atomic E-state index is 12.8. The number of rotatable bonds is 3. The van der Waals surface area contributed by atoms with Crippen LogP contribution >= 0.6 is 0 Å². The van der Waals surface area contributed by atoms with E-state index in [-0.39, 0.29) is 30.1 Å². The molecule has 0 unspecified atom stereocenters. The normalized spacial score (nSPS) is 26.9. The van der Waals surface area contributed by atoms with Crippen molar-refractivity contribution in [1.29, 1.82) is 0 Å². The van der Waals surface area contributed by atoms with Gasteiger partial charge in [0.05, 0.1) is 24.2 Å². The van der Waals surface area contributed by atoms with E-state index in [1.165, 1.54) is 4.90 Å². The second-order valence-corrected chi connectivity index (χ2v) is 6.93. The lowest BCUT2D eigenvalue weighted by molar-refractivity contribution is -0.144. The number of hydrogen-bond donors (Lipinski definition) is 0. The highest BCUT2D eigenvalue weighted by Crippen LogP contribution is 2.30. The number of amides is 2. The molecule has 5 heteroatoms. The zero-order chi connectivity index (χ0) is 16.4. The van der Waals surface area contributed by atoms with Crippen LogP contribution in [0.25, 0.3) is 0 Å². The molecule has 0 aliphatic carbocycles. The third-order valence-corrected chi connectivity index (χ3v) is 4.63. The van der Waals surface area contributed by atoms with Crippen molar-refractivity contribution in [1.82, 2.24) is 4.90 Å². The SMILES string of the molecule is CC1(C)CC[C@H](C(=O)N2C(=O)OC[C@@H]2Cc2ccccc2)CO1. The second-order valence-electron chi connectivity index (χ2n) is 6.93. The molecule has 5 nitrogen and oxygen atoms in total. The van der Waals surface area contributed by atoms with Gasteiger partial charge in [0.25, 0.3) is 0 Å². The summed E-state index contributed by atoms with van der Waals surface area (Å²) in [6.45, 7) is 4.68. The summed E-state index contributed by atoms with van der Waals surface area (Å²) in [5.74, 6) is -0.420. The van der Waals surface area contributed by atoms with Crippen molar-refractivity contribution in [3.63, 3.8) is 0 Å². The molecule has 2 aliphatic rings. The predicted octanol–water partition coefficient (Wildman–Crippen LogP) is 2.78. The third-order valence-electron chi connectivity index (χ3n) is 4.63. The summed E-state index contributed by atoms with van der Waals surface area (Å²) in [6, 6.07) is 9.62. The monoisotopic (exact) mass is 317 g/mol. The molecule has 0 radical (unpaired) electrons. The van der Waals surface area contributed by atoms with E-state index in [2.05, 4.69) is 0 Å². The van der Waals surface area contributed by atoms with Crippen molar-refractivity contribution in [2.75, 3.05) is 13.2 Å². The lowest BCUT2D eigenvalue weighted by atomic mass is 9.90. The third kappa shape index (κ3) is 3.55. The zero-order valence-corrected chi connectivity index (χ0v) is 13.7. The molecule has 2 fully saturated rings. The fourth-order valence-electron chi connectivity index (χ4n) is 3.16. The molecule has 0 saturated carbocycles. The highest BCUT2D eigenvalue weighted by molar-refractivity contribution is 5.95. The average molecular weight is 317 g/mol. The zero-order valence-electron chi connectivity index (χ0n) is 13.7. The van der Waals surface area contributed by atoms with E-state index in [1.807, 2.05) is 44.2 Å². The van der Waals surface area contributed by atoms with Gasteiger partial charge < -0.3 is 9.47 Å². The molecule has 2 heterocycles. The Morgan fingerprint density at radius 3 is 2.65 bits per heavy atom. The number of hydrogen-bond acceptors (Lipinski definition) is 4. The molecular weight excluding hydrogens is 294 g/mol. The van der Waals surface area contributed by atoms with Gasteiger partial charge in [0.15, 0.2) is 0 Å².